The molecular weight excluding hydrogens is 368 g/mol. The summed E-state index contributed by atoms with van der Waals surface area (Å²) in [7, 11) is 9.97. The molecule has 0 aromatic heterocycles. The van der Waals surface area contributed by atoms with Crippen molar-refractivity contribution in [1.29, 1.82) is 0 Å². The third kappa shape index (κ3) is 5.20. The Balaban J connectivity index is 0.000000236. The first-order chi connectivity index (χ1) is 4.70. The number of ether oxygens (including phenoxy) is 1. The van der Waals surface area contributed by atoms with Gasteiger partial charge in [0, 0.05) is 12.2 Å². The van der Waals surface area contributed by atoms with E-state index in [0.29, 0.717) is 0 Å². The van der Waals surface area contributed by atoms with Crippen LogP contribution in [0.3, 0.4) is 0 Å². The number of halogens is 2. The molecule has 0 saturated carbocycles. The summed E-state index contributed by atoms with van der Waals surface area (Å²) in [6, 6.07) is 0. The van der Waals surface area contributed by atoms with Crippen molar-refractivity contribution in [3.05, 3.63) is 12.2 Å². The average Bonchev–Trinajstić information content (AvgIpc) is 2.17. The average molecular weight is 370 g/mol. The fraction of sp³-hybridized carbons (Fsp3) is 0. The summed E-state index contributed by atoms with van der Waals surface area (Å²) in [5, 5.41) is 0. The van der Waals surface area contributed by atoms with Crippen LogP contribution < -0.4 is 0 Å². The van der Waals surface area contributed by atoms with Gasteiger partial charge in [-0.3, -0.25) is 0 Å². The predicted molar refractivity (Wildman–Crippen MR) is 31.9 cm³/mol. The second kappa shape index (κ2) is 6.13. The molecule has 1 rings (SSSR count). The first kappa shape index (κ1) is 10.4. The van der Waals surface area contributed by atoms with E-state index in [4.69, 9.17) is 16.5 Å². The first-order valence-electron chi connectivity index (χ1n) is 2.26. The second-order valence-corrected chi connectivity index (χ2v) is 9.05. The van der Waals surface area contributed by atoms with Crippen molar-refractivity contribution >= 4 is 28.4 Å². The Bertz CT molecular complexity index is 152. The summed E-state index contributed by atoms with van der Waals surface area (Å²) < 4.78 is 3.97. The van der Waals surface area contributed by atoms with Gasteiger partial charge in [-0.2, -0.15) is 0 Å². The normalized spacial score (nSPS) is 13.4. The molecule has 1 aliphatic rings. The van der Waals surface area contributed by atoms with Crippen molar-refractivity contribution in [2.24, 2.45) is 0 Å². The first-order valence-corrected chi connectivity index (χ1v) is 15.8. The van der Waals surface area contributed by atoms with Gasteiger partial charge in [0.2, 0.25) is 0 Å². The summed E-state index contributed by atoms with van der Waals surface area (Å²) in [6.45, 7) is 0. The Morgan fingerprint density at radius 3 is 1.60 bits per heavy atom. The van der Waals surface area contributed by atoms with Gasteiger partial charge in [0.05, 0.1) is 0 Å². The standard InChI is InChI=1S/C4H2O3.2ClH.Hg/c5-3-1-2-4(6)7-3;;;/h1-2H;2*1H;/q;;;+2/p-2. The number of rotatable bonds is 0. The van der Waals surface area contributed by atoms with Crippen molar-refractivity contribution < 1.29 is 36.4 Å². The monoisotopic (exact) mass is 370 g/mol. The number of hydrogen-bond acceptors (Lipinski definition) is 3. The van der Waals surface area contributed by atoms with Crippen LogP contribution in [0.5, 0.6) is 0 Å². The molecule has 1 aliphatic heterocycles. The van der Waals surface area contributed by atoms with Gasteiger partial charge < -0.3 is 4.74 Å². The second-order valence-electron chi connectivity index (χ2n) is 1.17. The molecule has 3 nitrogen and oxygen atoms in total. The molecule has 10 heavy (non-hydrogen) atoms. The Labute approximate surface area is 76.6 Å². The Hall–Kier alpha value is 0.395. The van der Waals surface area contributed by atoms with E-state index in [2.05, 4.69) is 4.74 Å². The van der Waals surface area contributed by atoms with E-state index in [9.17, 15) is 9.59 Å². The van der Waals surface area contributed by atoms with Gasteiger partial charge in [-0.25, -0.2) is 9.59 Å². The van der Waals surface area contributed by atoms with Gasteiger partial charge in [0.15, 0.2) is 0 Å². The maximum atomic E-state index is 9.92. The Morgan fingerprint density at radius 2 is 1.50 bits per heavy atom. The van der Waals surface area contributed by atoms with Crippen LogP contribution in [-0.4, -0.2) is 11.9 Å². The van der Waals surface area contributed by atoms with E-state index in [1.807, 2.05) is 0 Å². The van der Waals surface area contributed by atoms with Crippen LogP contribution in [0.4, 0.5) is 0 Å². The summed E-state index contributed by atoms with van der Waals surface area (Å²) in [6.07, 6.45) is 2.17. The summed E-state index contributed by atoms with van der Waals surface area (Å²) >= 11 is -1.14. The third-order valence-electron chi connectivity index (χ3n) is 0.557. The molecule has 52 valence electrons. The van der Waals surface area contributed by atoms with Crippen LogP contribution in [0.2, 0.25) is 0 Å². The Kier molecular flexibility index (Phi) is 6.37. The van der Waals surface area contributed by atoms with E-state index in [0.717, 1.165) is 12.2 Å². The molecule has 0 fully saturated rings. The predicted octanol–water partition coefficient (Wildman–Crippen LogP) is 1.00. The summed E-state index contributed by atoms with van der Waals surface area (Å²) in [5.74, 6) is -1.16. The zero-order valence-corrected chi connectivity index (χ0v) is 11.9. The minimum atomic E-state index is -1.14. The zero-order valence-electron chi connectivity index (χ0n) is 4.84. The van der Waals surface area contributed by atoms with Crippen LogP contribution >= 0.6 is 16.5 Å². The molecule has 1 heterocycles. The van der Waals surface area contributed by atoms with Crippen molar-refractivity contribution in [2.75, 3.05) is 0 Å². The molecule has 0 unspecified atom stereocenters. The third-order valence-corrected chi connectivity index (χ3v) is 0.557. The molecule has 0 aromatic rings. The van der Waals surface area contributed by atoms with E-state index >= 15 is 0 Å². The zero-order chi connectivity index (χ0) is 7.98. The number of hydrogen-bond donors (Lipinski definition) is 0. The molecule has 0 bridgehead atoms. The van der Waals surface area contributed by atoms with Gasteiger partial charge in [-0.05, 0) is 0 Å². The Morgan fingerprint density at radius 1 is 1.20 bits per heavy atom. The molecule has 0 radical (unpaired) electrons. The SMILES string of the molecule is O=C1C=CC(=O)O1.[Cl][Hg][Cl]. The molecule has 0 N–H and O–H groups in total. The minimum absolute atomic E-state index is 0.579. The number of carbonyl (C=O) groups is 2. The van der Waals surface area contributed by atoms with E-state index in [1.54, 1.807) is 0 Å². The summed E-state index contributed by atoms with van der Waals surface area (Å²) in [5.41, 5.74) is 0. The molecular formula is C4H2Cl2HgO3. The van der Waals surface area contributed by atoms with Crippen LogP contribution in [0.25, 0.3) is 0 Å². The number of esters is 2. The van der Waals surface area contributed by atoms with Crippen molar-refractivity contribution in [3.63, 3.8) is 0 Å². The molecule has 0 aromatic carbocycles. The molecule has 0 spiro atoms. The van der Waals surface area contributed by atoms with Crippen molar-refractivity contribution in [2.45, 2.75) is 0 Å². The molecule has 0 saturated heterocycles. The molecule has 0 amide bonds. The molecule has 0 atom stereocenters. The van der Waals surface area contributed by atoms with Crippen LogP contribution in [0.1, 0.15) is 0 Å². The van der Waals surface area contributed by atoms with Crippen molar-refractivity contribution in [1.82, 2.24) is 0 Å². The van der Waals surface area contributed by atoms with E-state index < -0.39 is 34.0 Å². The summed E-state index contributed by atoms with van der Waals surface area (Å²) in [4.78, 5) is 19.8. The quantitative estimate of drug-likeness (QED) is 0.364. The van der Waals surface area contributed by atoms with Crippen LogP contribution in [0.15, 0.2) is 12.2 Å². The van der Waals surface area contributed by atoms with Gasteiger partial charge in [0.25, 0.3) is 0 Å². The van der Waals surface area contributed by atoms with Gasteiger partial charge in [-0.15, -0.1) is 0 Å². The molecule has 0 aliphatic carbocycles. The topological polar surface area (TPSA) is 43.4 Å². The van der Waals surface area contributed by atoms with Gasteiger partial charge in [-0.1, -0.05) is 0 Å². The van der Waals surface area contributed by atoms with Gasteiger partial charge >= 0.3 is 50.5 Å². The number of cyclic esters (lactones) is 2. The van der Waals surface area contributed by atoms with Crippen molar-refractivity contribution in [3.8, 4) is 0 Å². The maximum absolute atomic E-state index is 9.92. The fourth-order valence-electron chi connectivity index (χ4n) is 0.303. The van der Waals surface area contributed by atoms with E-state index in [1.165, 1.54) is 0 Å². The van der Waals surface area contributed by atoms with Crippen LogP contribution in [0, 0.1) is 0 Å². The fourth-order valence-corrected chi connectivity index (χ4v) is 0.303. The van der Waals surface area contributed by atoms with Crippen LogP contribution in [-0.2, 0) is 36.4 Å². The van der Waals surface area contributed by atoms with E-state index in [-0.39, 0.29) is 0 Å². The van der Waals surface area contributed by atoms with Gasteiger partial charge in [0.1, 0.15) is 0 Å². The number of carbonyl (C=O) groups excluding carboxylic acids is 2. The molecule has 6 heteroatoms.